The number of para-hydroxylation sites is 1. The number of esters is 1. The molecule has 114 valence electrons. The minimum Gasteiger partial charge on any atom is -0.459 e. The van der Waals surface area contributed by atoms with Crippen molar-refractivity contribution < 1.29 is 9.53 Å². The minimum absolute atomic E-state index is 0.211. The lowest BCUT2D eigenvalue weighted by atomic mass is 10.2. The molecule has 0 saturated carbocycles. The average Bonchev–Trinajstić information content (AvgIpc) is 2.71. The molecule has 0 spiro atoms. The summed E-state index contributed by atoms with van der Waals surface area (Å²) in [4.78, 5) is 12.2. The van der Waals surface area contributed by atoms with Crippen LogP contribution < -0.4 is 0 Å². The Kier molecular flexibility index (Phi) is 3.73. The highest BCUT2D eigenvalue weighted by Crippen LogP contribution is 2.31. The van der Waals surface area contributed by atoms with Crippen molar-refractivity contribution in [2.45, 2.75) is 32.9 Å². The third-order valence-corrected chi connectivity index (χ3v) is 3.93. The molecular formula is C18H18BrNO2. The Balaban J connectivity index is 2.13. The predicted molar refractivity (Wildman–Crippen MR) is 93.0 cm³/mol. The maximum Gasteiger partial charge on any atom is 0.326 e. The second-order valence-corrected chi connectivity index (χ2v) is 7.27. The third-order valence-electron chi connectivity index (χ3n) is 3.44. The van der Waals surface area contributed by atoms with E-state index < -0.39 is 5.60 Å². The van der Waals surface area contributed by atoms with Crippen molar-refractivity contribution in [1.82, 2.24) is 4.57 Å². The van der Waals surface area contributed by atoms with Crippen LogP contribution in [0.3, 0.4) is 0 Å². The van der Waals surface area contributed by atoms with Crippen LogP contribution in [0.1, 0.15) is 20.8 Å². The number of hydrogen-bond acceptors (Lipinski definition) is 2. The first-order valence-corrected chi connectivity index (χ1v) is 8.03. The van der Waals surface area contributed by atoms with Gasteiger partial charge in [0.25, 0.3) is 0 Å². The van der Waals surface area contributed by atoms with Crippen LogP contribution in [0.5, 0.6) is 0 Å². The predicted octanol–water partition coefficient (Wildman–Crippen LogP) is 4.90. The number of nitrogens with zero attached hydrogens (tertiary/aromatic N) is 1. The van der Waals surface area contributed by atoms with Crippen LogP contribution in [0, 0.1) is 0 Å². The van der Waals surface area contributed by atoms with E-state index in [2.05, 4.69) is 28.1 Å². The Morgan fingerprint density at radius 2 is 1.77 bits per heavy atom. The van der Waals surface area contributed by atoms with Crippen LogP contribution in [-0.4, -0.2) is 16.1 Å². The molecule has 0 fully saturated rings. The number of hydrogen-bond donors (Lipinski definition) is 0. The molecule has 22 heavy (non-hydrogen) atoms. The van der Waals surface area contributed by atoms with Gasteiger partial charge in [0.05, 0.1) is 0 Å². The summed E-state index contributed by atoms with van der Waals surface area (Å²) in [6, 6.07) is 14.2. The zero-order chi connectivity index (χ0) is 15.9. The summed E-state index contributed by atoms with van der Waals surface area (Å²) < 4.78 is 8.51. The van der Waals surface area contributed by atoms with Gasteiger partial charge < -0.3 is 9.30 Å². The number of aromatic nitrogens is 1. The molecule has 0 aliphatic heterocycles. The Morgan fingerprint density at radius 3 is 2.50 bits per heavy atom. The molecule has 3 rings (SSSR count). The van der Waals surface area contributed by atoms with E-state index in [0.717, 1.165) is 26.3 Å². The van der Waals surface area contributed by atoms with Crippen LogP contribution in [0.15, 0.2) is 46.9 Å². The van der Waals surface area contributed by atoms with Gasteiger partial charge in [-0.15, -0.1) is 0 Å². The maximum atomic E-state index is 12.2. The summed E-state index contributed by atoms with van der Waals surface area (Å²) in [5.74, 6) is -0.224. The van der Waals surface area contributed by atoms with E-state index >= 15 is 0 Å². The maximum absolute atomic E-state index is 12.2. The van der Waals surface area contributed by atoms with Gasteiger partial charge in [-0.3, -0.25) is 4.79 Å². The molecule has 0 aliphatic carbocycles. The van der Waals surface area contributed by atoms with Crippen LogP contribution in [0.4, 0.5) is 0 Å². The van der Waals surface area contributed by atoms with Gasteiger partial charge in [-0.2, -0.15) is 0 Å². The molecule has 3 aromatic rings. The SMILES string of the molecule is CC(C)(C)OC(=O)Cn1c2ccccc2c2cc(Br)ccc21. The molecular weight excluding hydrogens is 342 g/mol. The van der Waals surface area contributed by atoms with Crippen molar-refractivity contribution in [2.75, 3.05) is 0 Å². The number of carbonyl (C=O) groups excluding carboxylic acids is 1. The highest BCUT2D eigenvalue weighted by Gasteiger charge is 2.19. The largest absolute Gasteiger partial charge is 0.459 e. The molecule has 2 aromatic carbocycles. The number of ether oxygens (including phenoxy) is 1. The smallest absolute Gasteiger partial charge is 0.326 e. The number of fused-ring (bicyclic) bond motifs is 3. The van der Waals surface area contributed by atoms with E-state index in [-0.39, 0.29) is 12.5 Å². The van der Waals surface area contributed by atoms with Gasteiger partial charge in [0.2, 0.25) is 0 Å². The average molecular weight is 360 g/mol. The molecule has 0 radical (unpaired) electrons. The van der Waals surface area contributed by atoms with Gasteiger partial charge in [-0.05, 0) is 45.0 Å². The lowest BCUT2D eigenvalue weighted by Gasteiger charge is -2.20. The molecule has 0 atom stereocenters. The second-order valence-electron chi connectivity index (χ2n) is 6.35. The summed E-state index contributed by atoms with van der Waals surface area (Å²) in [6.07, 6.45) is 0. The van der Waals surface area contributed by atoms with E-state index in [4.69, 9.17) is 4.74 Å². The fourth-order valence-electron chi connectivity index (χ4n) is 2.70. The molecule has 0 amide bonds. The van der Waals surface area contributed by atoms with Crippen molar-refractivity contribution in [2.24, 2.45) is 0 Å². The molecule has 0 aliphatic rings. The Morgan fingerprint density at radius 1 is 1.09 bits per heavy atom. The fourth-order valence-corrected chi connectivity index (χ4v) is 3.06. The standard InChI is InChI=1S/C18H18BrNO2/c1-18(2,3)22-17(21)11-20-15-7-5-4-6-13(15)14-10-12(19)8-9-16(14)20/h4-10H,11H2,1-3H3. The van der Waals surface area contributed by atoms with E-state index in [1.54, 1.807) is 0 Å². The number of halogens is 1. The van der Waals surface area contributed by atoms with Crippen molar-refractivity contribution >= 4 is 43.7 Å². The van der Waals surface area contributed by atoms with Gasteiger partial charge in [-0.25, -0.2) is 0 Å². The molecule has 0 unspecified atom stereocenters. The normalized spacial score (nSPS) is 12.0. The van der Waals surface area contributed by atoms with Crippen molar-refractivity contribution in [3.63, 3.8) is 0 Å². The first-order valence-electron chi connectivity index (χ1n) is 7.23. The van der Waals surface area contributed by atoms with E-state index in [1.807, 2.05) is 55.7 Å². The summed E-state index contributed by atoms with van der Waals surface area (Å²) in [7, 11) is 0. The Labute approximate surface area is 138 Å². The van der Waals surface area contributed by atoms with Crippen LogP contribution in [0.25, 0.3) is 21.8 Å². The van der Waals surface area contributed by atoms with Crippen molar-refractivity contribution in [3.05, 3.63) is 46.9 Å². The monoisotopic (exact) mass is 359 g/mol. The van der Waals surface area contributed by atoms with Gasteiger partial charge in [0.1, 0.15) is 12.1 Å². The summed E-state index contributed by atoms with van der Waals surface area (Å²) in [5, 5.41) is 2.27. The first kappa shape index (κ1) is 15.1. The number of benzene rings is 2. The molecule has 0 bridgehead atoms. The van der Waals surface area contributed by atoms with Crippen molar-refractivity contribution in [3.8, 4) is 0 Å². The molecule has 0 saturated heterocycles. The summed E-state index contributed by atoms with van der Waals surface area (Å²) in [6.45, 7) is 5.86. The van der Waals surface area contributed by atoms with Crippen LogP contribution in [-0.2, 0) is 16.1 Å². The van der Waals surface area contributed by atoms with Gasteiger partial charge >= 0.3 is 5.97 Å². The summed E-state index contributed by atoms with van der Waals surface area (Å²) >= 11 is 3.52. The van der Waals surface area contributed by atoms with Crippen LogP contribution >= 0.6 is 15.9 Å². The van der Waals surface area contributed by atoms with Crippen LogP contribution in [0.2, 0.25) is 0 Å². The third kappa shape index (κ3) is 2.88. The first-order chi connectivity index (χ1) is 10.3. The Bertz CT molecular complexity index is 859. The zero-order valence-corrected chi connectivity index (χ0v) is 14.5. The lowest BCUT2D eigenvalue weighted by molar-refractivity contribution is -0.155. The number of carbonyl (C=O) groups is 1. The van der Waals surface area contributed by atoms with Gasteiger partial charge in [0.15, 0.2) is 0 Å². The molecule has 1 aromatic heterocycles. The highest BCUT2D eigenvalue weighted by molar-refractivity contribution is 9.10. The second kappa shape index (κ2) is 5.43. The zero-order valence-electron chi connectivity index (χ0n) is 12.9. The highest BCUT2D eigenvalue weighted by atomic mass is 79.9. The number of rotatable bonds is 2. The minimum atomic E-state index is -0.473. The van der Waals surface area contributed by atoms with Gasteiger partial charge in [-0.1, -0.05) is 34.1 Å². The topological polar surface area (TPSA) is 31.2 Å². The van der Waals surface area contributed by atoms with E-state index in [9.17, 15) is 4.79 Å². The molecule has 1 heterocycles. The fraction of sp³-hybridized carbons (Fsp3) is 0.278. The molecule has 0 N–H and O–H groups in total. The lowest BCUT2D eigenvalue weighted by Crippen LogP contribution is -2.26. The van der Waals surface area contributed by atoms with Crippen molar-refractivity contribution in [1.29, 1.82) is 0 Å². The van der Waals surface area contributed by atoms with E-state index in [1.165, 1.54) is 0 Å². The molecule has 3 nitrogen and oxygen atoms in total. The van der Waals surface area contributed by atoms with E-state index in [0.29, 0.717) is 0 Å². The quantitative estimate of drug-likeness (QED) is 0.609. The Hall–Kier alpha value is -1.81. The summed E-state index contributed by atoms with van der Waals surface area (Å²) in [5.41, 5.74) is 1.61. The van der Waals surface area contributed by atoms with Gasteiger partial charge in [0, 0.05) is 26.3 Å². The molecule has 4 heteroatoms.